The normalized spacial score (nSPS) is 24.8. The summed E-state index contributed by atoms with van der Waals surface area (Å²) in [6.45, 7) is 2.73. The van der Waals surface area contributed by atoms with E-state index in [2.05, 4.69) is 27.0 Å². The number of benzene rings is 1. The lowest BCUT2D eigenvalue weighted by Gasteiger charge is -2.48. The molecule has 3 heterocycles. The molecule has 1 unspecified atom stereocenters. The van der Waals surface area contributed by atoms with Crippen molar-refractivity contribution in [1.82, 2.24) is 20.0 Å². The molecule has 1 aliphatic carbocycles. The third-order valence-electron chi connectivity index (χ3n) is 6.83. The summed E-state index contributed by atoms with van der Waals surface area (Å²) in [4.78, 5) is 17.0. The molecule has 2 aliphatic heterocycles. The molecule has 148 valence electrons. The largest absolute Gasteiger partial charge is 0.419 e. The molecular formula is C22H28N4O2. The van der Waals surface area contributed by atoms with Gasteiger partial charge in [-0.1, -0.05) is 31.0 Å². The molecule has 3 fully saturated rings. The summed E-state index contributed by atoms with van der Waals surface area (Å²) >= 11 is 0. The van der Waals surface area contributed by atoms with Gasteiger partial charge >= 0.3 is 0 Å². The van der Waals surface area contributed by atoms with Crippen LogP contribution in [-0.2, 0) is 4.79 Å². The first-order valence-electron chi connectivity index (χ1n) is 10.5. The molecule has 5 rings (SSSR count). The molecule has 6 nitrogen and oxygen atoms in total. The fourth-order valence-electron chi connectivity index (χ4n) is 5.37. The molecule has 0 bridgehead atoms. The van der Waals surface area contributed by atoms with E-state index in [4.69, 9.17) is 4.42 Å². The maximum absolute atomic E-state index is 12.6. The molecule has 1 aromatic heterocycles. The van der Waals surface area contributed by atoms with Gasteiger partial charge in [-0.25, -0.2) is 0 Å². The van der Waals surface area contributed by atoms with Crippen molar-refractivity contribution in [2.75, 3.05) is 26.7 Å². The van der Waals surface area contributed by atoms with Gasteiger partial charge in [-0.2, -0.15) is 0 Å². The molecule has 3 aliphatic rings. The fraction of sp³-hybridized carbons (Fsp3) is 0.591. The van der Waals surface area contributed by atoms with Crippen molar-refractivity contribution in [3.05, 3.63) is 36.2 Å². The zero-order chi connectivity index (χ0) is 19.1. The lowest BCUT2D eigenvalue weighted by molar-refractivity contribution is -0.143. The molecule has 1 saturated carbocycles. The zero-order valence-corrected chi connectivity index (χ0v) is 16.5. The van der Waals surface area contributed by atoms with Gasteiger partial charge in [-0.15, -0.1) is 10.2 Å². The van der Waals surface area contributed by atoms with Crippen molar-refractivity contribution in [2.45, 2.75) is 44.6 Å². The van der Waals surface area contributed by atoms with Gasteiger partial charge in [0.05, 0.1) is 6.04 Å². The third-order valence-corrected chi connectivity index (χ3v) is 6.83. The van der Waals surface area contributed by atoms with Crippen LogP contribution in [0.2, 0.25) is 0 Å². The standard InChI is InChI=1S/C22H28N4O2/c1-25-13-22(14-26(15-22)19(27)11-16-7-5-6-8-16)12-18(25)21-24-23-20(28-21)17-9-3-2-4-10-17/h2-4,9-10,16,18H,5-8,11-15H2,1H3. The van der Waals surface area contributed by atoms with E-state index in [9.17, 15) is 4.79 Å². The van der Waals surface area contributed by atoms with Gasteiger partial charge < -0.3 is 9.32 Å². The van der Waals surface area contributed by atoms with E-state index in [1.807, 2.05) is 30.3 Å². The quantitative estimate of drug-likeness (QED) is 0.812. The predicted octanol–water partition coefficient (Wildman–Crippen LogP) is 3.52. The van der Waals surface area contributed by atoms with E-state index >= 15 is 0 Å². The number of rotatable bonds is 4. The Morgan fingerprint density at radius 1 is 1.14 bits per heavy atom. The summed E-state index contributed by atoms with van der Waals surface area (Å²) in [5.41, 5.74) is 1.13. The number of carbonyl (C=O) groups excluding carboxylic acids is 1. The summed E-state index contributed by atoms with van der Waals surface area (Å²) in [6.07, 6.45) is 6.78. The zero-order valence-electron chi connectivity index (χ0n) is 16.5. The minimum Gasteiger partial charge on any atom is -0.419 e. The molecule has 1 spiro atoms. The van der Waals surface area contributed by atoms with Gasteiger partial charge in [-0.3, -0.25) is 9.69 Å². The Labute approximate surface area is 165 Å². The van der Waals surface area contributed by atoms with Crippen LogP contribution < -0.4 is 0 Å². The second-order valence-electron chi connectivity index (χ2n) is 9.05. The van der Waals surface area contributed by atoms with E-state index < -0.39 is 0 Å². The van der Waals surface area contributed by atoms with Crippen LogP contribution in [0.4, 0.5) is 0 Å². The average molecular weight is 380 g/mol. The molecule has 1 aromatic carbocycles. The van der Waals surface area contributed by atoms with E-state index in [0.717, 1.165) is 38.0 Å². The Hall–Kier alpha value is -2.21. The number of hydrogen-bond donors (Lipinski definition) is 0. The lowest BCUT2D eigenvalue weighted by atomic mass is 9.77. The highest BCUT2D eigenvalue weighted by Crippen LogP contribution is 2.48. The molecule has 1 amide bonds. The summed E-state index contributed by atoms with van der Waals surface area (Å²) in [6, 6.07) is 10.0. The third kappa shape index (κ3) is 3.24. The first kappa shape index (κ1) is 17.9. The minimum absolute atomic E-state index is 0.136. The van der Waals surface area contributed by atoms with E-state index in [1.54, 1.807) is 0 Å². The highest BCUT2D eigenvalue weighted by atomic mass is 16.4. The van der Waals surface area contributed by atoms with Gasteiger partial charge in [0.25, 0.3) is 0 Å². The Kier molecular flexibility index (Phi) is 4.46. The van der Waals surface area contributed by atoms with Gasteiger partial charge in [0.1, 0.15) is 0 Å². The van der Waals surface area contributed by atoms with Crippen LogP contribution in [0, 0.1) is 11.3 Å². The minimum atomic E-state index is 0.136. The van der Waals surface area contributed by atoms with E-state index in [1.165, 1.54) is 25.7 Å². The van der Waals surface area contributed by atoms with Crippen LogP contribution in [-0.4, -0.2) is 52.6 Å². The van der Waals surface area contributed by atoms with Crippen LogP contribution in [0.1, 0.15) is 50.5 Å². The Bertz CT molecular complexity index is 837. The number of hydrogen-bond acceptors (Lipinski definition) is 5. The number of likely N-dealkylation sites (tertiary alicyclic amines) is 2. The fourth-order valence-corrected chi connectivity index (χ4v) is 5.37. The predicted molar refractivity (Wildman–Crippen MR) is 105 cm³/mol. The summed E-state index contributed by atoms with van der Waals surface area (Å²) < 4.78 is 6.00. The van der Waals surface area contributed by atoms with Crippen molar-refractivity contribution in [2.24, 2.45) is 11.3 Å². The van der Waals surface area contributed by atoms with Crippen molar-refractivity contribution >= 4 is 5.91 Å². The molecule has 1 atom stereocenters. The van der Waals surface area contributed by atoms with Crippen LogP contribution >= 0.6 is 0 Å². The van der Waals surface area contributed by atoms with E-state index in [0.29, 0.717) is 23.6 Å². The second-order valence-corrected chi connectivity index (χ2v) is 9.05. The topological polar surface area (TPSA) is 62.5 Å². The highest BCUT2D eigenvalue weighted by molar-refractivity contribution is 5.77. The molecule has 0 radical (unpaired) electrons. The first-order valence-corrected chi connectivity index (χ1v) is 10.5. The van der Waals surface area contributed by atoms with Gasteiger partial charge in [0.15, 0.2) is 0 Å². The smallest absolute Gasteiger partial charge is 0.247 e. The summed E-state index contributed by atoms with van der Waals surface area (Å²) in [5.74, 6) is 2.24. The Morgan fingerprint density at radius 2 is 1.89 bits per heavy atom. The first-order chi connectivity index (χ1) is 13.6. The second kappa shape index (κ2) is 6.99. The summed E-state index contributed by atoms with van der Waals surface area (Å²) in [5, 5.41) is 8.58. The van der Waals surface area contributed by atoms with Crippen LogP contribution in [0.5, 0.6) is 0 Å². The maximum atomic E-state index is 12.6. The monoisotopic (exact) mass is 380 g/mol. The SMILES string of the molecule is CN1CC2(CC1c1nnc(-c3ccccc3)o1)CN(C(=O)CC1CCCC1)C2. The molecule has 2 saturated heterocycles. The van der Waals surface area contributed by atoms with Crippen molar-refractivity contribution < 1.29 is 9.21 Å². The molecule has 2 aromatic rings. The Balaban J connectivity index is 1.22. The van der Waals surface area contributed by atoms with Crippen LogP contribution in [0.25, 0.3) is 11.5 Å². The summed E-state index contributed by atoms with van der Waals surface area (Å²) in [7, 11) is 2.12. The van der Waals surface area contributed by atoms with Gasteiger partial charge in [-0.05, 0) is 44.4 Å². The van der Waals surface area contributed by atoms with Crippen LogP contribution in [0.3, 0.4) is 0 Å². The average Bonchev–Trinajstić information content (AvgIpc) is 3.40. The van der Waals surface area contributed by atoms with Crippen molar-refractivity contribution in [1.29, 1.82) is 0 Å². The number of aromatic nitrogens is 2. The molecule has 6 heteroatoms. The van der Waals surface area contributed by atoms with Gasteiger partial charge in [0, 0.05) is 37.0 Å². The number of nitrogens with zero attached hydrogens (tertiary/aromatic N) is 4. The highest BCUT2D eigenvalue weighted by Gasteiger charge is 2.53. The van der Waals surface area contributed by atoms with Crippen molar-refractivity contribution in [3.63, 3.8) is 0 Å². The molecule has 28 heavy (non-hydrogen) atoms. The van der Waals surface area contributed by atoms with Crippen molar-refractivity contribution in [3.8, 4) is 11.5 Å². The van der Waals surface area contributed by atoms with E-state index in [-0.39, 0.29) is 11.5 Å². The van der Waals surface area contributed by atoms with Gasteiger partial charge in [0.2, 0.25) is 17.7 Å². The van der Waals surface area contributed by atoms with Crippen LogP contribution in [0.15, 0.2) is 34.7 Å². The molecule has 0 N–H and O–H groups in total. The molecular weight excluding hydrogens is 352 g/mol. The lowest BCUT2D eigenvalue weighted by Crippen LogP contribution is -2.59. The number of amides is 1. The maximum Gasteiger partial charge on any atom is 0.247 e. The number of carbonyl (C=O) groups is 1. The Morgan fingerprint density at radius 3 is 2.64 bits per heavy atom.